The molecule has 3 unspecified atom stereocenters. The van der Waals surface area contributed by atoms with Crippen LogP contribution >= 0.6 is 11.6 Å². The van der Waals surface area contributed by atoms with Gasteiger partial charge in [-0.2, -0.15) is 0 Å². The van der Waals surface area contributed by atoms with Gasteiger partial charge < -0.3 is 10.6 Å². The Kier molecular flexibility index (Phi) is 7.06. The van der Waals surface area contributed by atoms with E-state index in [4.69, 9.17) is 11.6 Å². The van der Waals surface area contributed by atoms with Gasteiger partial charge in [0.1, 0.15) is 0 Å². The lowest BCUT2D eigenvalue weighted by atomic mass is 9.85. The van der Waals surface area contributed by atoms with E-state index in [1.165, 1.54) is 12.8 Å². The van der Waals surface area contributed by atoms with E-state index in [1.54, 1.807) is 18.4 Å². The highest BCUT2D eigenvalue weighted by Gasteiger charge is 2.22. The summed E-state index contributed by atoms with van der Waals surface area (Å²) < 4.78 is 11.4. The smallest absolute Gasteiger partial charge is 0.224 e. The van der Waals surface area contributed by atoms with Gasteiger partial charge in [0.05, 0.1) is 0 Å². The Labute approximate surface area is 145 Å². The first-order valence-corrected chi connectivity index (χ1v) is 10.1. The molecule has 2 rings (SSSR count). The third-order valence-electron chi connectivity index (χ3n) is 4.34. The molecule has 1 amide bonds. The topological polar surface area (TPSA) is 58.2 Å². The maximum absolute atomic E-state index is 12.3. The molecule has 0 aromatic heterocycles. The zero-order valence-corrected chi connectivity index (χ0v) is 15.3. The second-order valence-corrected chi connectivity index (χ2v) is 8.20. The van der Waals surface area contributed by atoms with E-state index >= 15 is 0 Å². The highest BCUT2D eigenvalue weighted by molar-refractivity contribution is 7.83. The standard InChI is InChI=1S/C17H25ClN2O2S/c1-12(13-4-3-7-19-10-13)8-17(21)20-15-5-6-16(18)14(9-15)11-23(2)22/h5-6,9,12-13,19H,3-4,7-8,10-11H2,1-2H3,(H,20,21). The van der Waals surface area contributed by atoms with Crippen molar-refractivity contribution in [2.24, 2.45) is 11.8 Å². The van der Waals surface area contributed by atoms with Crippen molar-refractivity contribution >= 4 is 34.0 Å². The molecule has 1 fully saturated rings. The highest BCUT2D eigenvalue weighted by atomic mass is 35.5. The quantitative estimate of drug-likeness (QED) is 0.823. The molecule has 0 aliphatic carbocycles. The number of piperidine rings is 1. The molecular formula is C17H25ClN2O2S. The molecule has 1 aromatic carbocycles. The zero-order valence-electron chi connectivity index (χ0n) is 13.7. The fourth-order valence-electron chi connectivity index (χ4n) is 3.02. The van der Waals surface area contributed by atoms with E-state index in [-0.39, 0.29) is 5.91 Å². The number of nitrogens with one attached hydrogen (secondary N) is 2. The van der Waals surface area contributed by atoms with Gasteiger partial charge in [-0.3, -0.25) is 9.00 Å². The Morgan fingerprint density at radius 3 is 2.96 bits per heavy atom. The Bertz CT molecular complexity index is 574. The van der Waals surface area contributed by atoms with Crippen molar-refractivity contribution in [2.45, 2.75) is 31.9 Å². The van der Waals surface area contributed by atoms with Gasteiger partial charge in [0, 0.05) is 39.9 Å². The van der Waals surface area contributed by atoms with E-state index in [0.717, 1.165) is 18.7 Å². The van der Waals surface area contributed by atoms with Crippen molar-refractivity contribution in [3.63, 3.8) is 0 Å². The predicted octanol–water partition coefficient (Wildman–Crippen LogP) is 3.18. The summed E-state index contributed by atoms with van der Waals surface area (Å²) in [4.78, 5) is 12.3. The van der Waals surface area contributed by atoms with Crippen LogP contribution in [-0.4, -0.2) is 29.5 Å². The van der Waals surface area contributed by atoms with Crippen LogP contribution in [0.2, 0.25) is 5.02 Å². The molecule has 1 aliphatic heterocycles. The van der Waals surface area contributed by atoms with Gasteiger partial charge in [-0.25, -0.2) is 0 Å². The number of halogens is 1. The van der Waals surface area contributed by atoms with Crippen LogP contribution < -0.4 is 10.6 Å². The molecule has 1 aromatic rings. The second kappa shape index (κ2) is 8.81. The second-order valence-electron chi connectivity index (χ2n) is 6.36. The normalized spacial score (nSPS) is 20.7. The summed E-state index contributed by atoms with van der Waals surface area (Å²) in [5.41, 5.74) is 1.52. The first kappa shape index (κ1) is 18.4. The fraction of sp³-hybridized carbons (Fsp3) is 0.588. The lowest BCUT2D eigenvalue weighted by Crippen LogP contribution is -2.34. The molecule has 0 spiro atoms. The van der Waals surface area contributed by atoms with Crippen molar-refractivity contribution in [1.29, 1.82) is 0 Å². The number of hydrogen-bond acceptors (Lipinski definition) is 3. The van der Waals surface area contributed by atoms with Crippen LogP contribution in [0, 0.1) is 11.8 Å². The minimum Gasteiger partial charge on any atom is -0.326 e. The number of carbonyl (C=O) groups excluding carboxylic acids is 1. The van der Waals surface area contributed by atoms with Gasteiger partial charge in [-0.1, -0.05) is 18.5 Å². The van der Waals surface area contributed by atoms with Gasteiger partial charge >= 0.3 is 0 Å². The first-order chi connectivity index (χ1) is 11.0. The fourth-order valence-corrected chi connectivity index (χ4v) is 3.96. The molecule has 6 heteroatoms. The van der Waals surface area contributed by atoms with Crippen LogP contribution in [0.5, 0.6) is 0 Å². The van der Waals surface area contributed by atoms with Gasteiger partial charge in [0.15, 0.2) is 0 Å². The monoisotopic (exact) mass is 356 g/mol. The van der Waals surface area contributed by atoms with Crippen LogP contribution in [0.1, 0.15) is 31.7 Å². The molecule has 1 heterocycles. The molecule has 4 nitrogen and oxygen atoms in total. The maximum Gasteiger partial charge on any atom is 0.224 e. The Hall–Kier alpha value is -0.910. The summed E-state index contributed by atoms with van der Waals surface area (Å²) in [6.07, 6.45) is 4.53. The third kappa shape index (κ3) is 5.90. The van der Waals surface area contributed by atoms with Crippen molar-refractivity contribution in [3.05, 3.63) is 28.8 Å². The third-order valence-corrected chi connectivity index (χ3v) is 5.42. The van der Waals surface area contributed by atoms with Gasteiger partial charge in [-0.05, 0) is 61.5 Å². The SMILES string of the molecule is CC(CC(=O)Nc1ccc(Cl)c(CS(C)=O)c1)C1CCCNC1. The maximum atomic E-state index is 12.3. The molecule has 23 heavy (non-hydrogen) atoms. The predicted molar refractivity (Wildman–Crippen MR) is 97.2 cm³/mol. The minimum atomic E-state index is -0.964. The van der Waals surface area contributed by atoms with Crippen molar-refractivity contribution < 1.29 is 9.00 Å². The van der Waals surface area contributed by atoms with E-state index in [0.29, 0.717) is 34.7 Å². The summed E-state index contributed by atoms with van der Waals surface area (Å²) in [6, 6.07) is 5.34. The molecule has 1 saturated heterocycles. The van der Waals surface area contributed by atoms with Crippen LogP contribution in [0.25, 0.3) is 0 Å². The summed E-state index contributed by atoms with van der Waals surface area (Å²) in [5, 5.41) is 6.91. The molecule has 2 N–H and O–H groups in total. The van der Waals surface area contributed by atoms with E-state index in [1.807, 2.05) is 6.07 Å². The van der Waals surface area contributed by atoms with E-state index in [9.17, 15) is 9.00 Å². The van der Waals surface area contributed by atoms with Crippen molar-refractivity contribution in [3.8, 4) is 0 Å². The Morgan fingerprint density at radius 1 is 1.52 bits per heavy atom. The molecule has 0 saturated carbocycles. The minimum absolute atomic E-state index is 0.0222. The van der Waals surface area contributed by atoms with Crippen molar-refractivity contribution in [2.75, 3.05) is 24.7 Å². The number of hydrogen-bond donors (Lipinski definition) is 2. The van der Waals surface area contributed by atoms with E-state index < -0.39 is 10.8 Å². The van der Waals surface area contributed by atoms with Crippen molar-refractivity contribution in [1.82, 2.24) is 5.32 Å². The van der Waals surface area contributed by atoms with E-state index in [2.05, 4.69) is 17.6 Å². The van der Waals surface area contributed by atoms with Gasteiger partial charge in [0.25, 0.3) is 0 Å². The lowest BCUT2D eigenvalue weighted by molar-refractivity contribution is -0.117. The summed E-state index contributed by atoms with van der Waals surface area (Å²) >= 11 is 6.11. The number of amides is 1. The van der Waals surface area contributed by atoms with Crippen LogP contribution in [0.3, 0.4) is 0 Å². The van der Waals surface area contributed by atoms with Crippen LogP contribution in [0.15, 0.2) is 18.2 Å². The molecular weight excluding hydrogens is 332 g/mol. The number of benzene rings is 1. The molecule has 0 bridgehead atoms. The largest absolute Gasteiger partial charge is 0.326 e. The summed E-state index contributed by atoms with van der Waals surface area (Å²) in [6.45, 7) is 4.23. The number of rotatable bonds is 6. The molecule has 0 radical (unpaired) electrons. The zero-order chi connectivity index (χ0) is 16.8. The molecule has 3 atom stereocenters. The highest BCUT2D eigenvalue weighted by Crippen LogP contribution is 2.25. The average Bonchev–Trinajstić information content (AvgIpc) is 2.51. The molecule has 128 valence electrons. The van der Waals surface area contributed by atoms with Gasteiger partial charge in [-0.15, -0.1) is 0 Å². The summed E-state index contributed by atoms with van der Waals surface area (Å²) in [5.74, 6) is 1.34. The summed E-state index contributed by atoms with van der Waals surface area (Å²) in [7, 11) is -0.964. The van der Waals surface area contributed by atoms with Crippen LogP contribution in [-0.2, 0) is 21.3 Å². The Balaban J connectivity index is 1.92. The first-order valence-electron chi connectivity index (χ1n) is 8.04. The van der Waals surface area contributed by atoms with Gasteiger partial charge in [0.2, 0.25) is 5.91 Å². The van der Waals surface area contributed by atoms with Crippen LogP contribution in [0.4, 0.5) is 5.69 Å². The molecule has 1 aliphatic rings. The number of anilines is 1. The average molecular weight is 357 g/mol. The number of carbonyl (C=O) groups is 1. The Morgan fingerprint density at radius 2 is 2.30 bits per heavy atom. The lowest BCUT2D eigenvalue weighted by Gasteiger charge is -2.28.